The molecule has 0 spiro atoms. The number of rotatable bonds is 0. The van der Waals surface area contributed by atoms with Crippen molar-refractivity contribution in [2.24, 2.45) is 0 Å². The molecule has 1 aromatic carbocycles. The lowest BCUT2D eigenvalue weighted by molar-refractivity contribution is 0.579. The van der Waals surface area contributed by atoms with Crippen LogP contribution >= 0.6 is 22.6 Å². The second kappa shape index (κ2) is 2.65. The van der Waals surface area contributed by atoms with Gasteiger partial charge in [0.2, 0.25) is 0 Å². The molecule has 1 heterocycles. The zero-order valence-corrected chi connectivity index (χ0v) is 7.89. The Morgan fingerprint density at radius 1 is 1.42 bits per heavy atom. The van der Waals surface area contributed by atoms with Crippen molar-refractivity contribution in [2.45, 2.75) is 0 Å². The van der Waals surface area contributed by atoms with Crippen molar-refractivity contribution in [1.29, 1.82) is 0 Å². The molecule has 0 aliphatic carbocycles. The van der Waals surface area contributed by atoms with Gasteiger partial charge in [0.15, 0.2) is 0 Å². The number of aromatic amines is 1. The van der Waals surface area contributed by atoms with Crippen LogP contribution in [0, 0.1) is 15.2 Å². The predicted molar refractivity (Wildman–Crippen MR) is 48.7 cm³/mol. The van der Waals surface area contributed by atoms with E-state index in [0.29, 0.717) is 10.9 Å². The first-order valence-electron chi connectivity index (χ1n) is 3.16. The fourth-order valence-corrected chi connectivity index (χ4v) is 1.44. The predicted octanol–water partition coefficient (Wildman–Crippen LogP) is 2.45. The van der Waals surface area contributed by atoms with Gasteiger partial charge >= 0.3 is 0 Å². The summed E-state index contributed by atoms with van der Waals surface area (Å²) in [5.74, 6) is -1.12. The Balaban J connectivity index is 2.94. The summed E-state index contributed by atoms with van der Waals surface area (Å²) in [7, 11) is 0. The van der Waals surface area contributed by atoms with Crippen molar-refractivity contribution in [1.82, 2.24) is 10.2 Å². The molecule has 0 unspecified atom stereocenters. The van der Waals surface area contributed by atoms with Gasteiger partial charge in [0.1, 0.15) is 11.6 Å². The van der Waals surface area contributed by atoms with E-state index in [0.717, 1.165) is 0 Å². The molecule has 12 heavy (non-hydrogen) atoms. The van der Waals surface area contributed by atoms with Crippen molar-refractivity contribution >= 4 is 33.5 Å². The molecule has 0 fully saturated rings. The highest BCUT2D eigenvalue weighted by atomic mass is 127. The Labute approximate surface area is 80.1 Å². The standard InChI is InChI=1S/C7H3F2IN2/c8-4-1-5-3(2-11-12-5)6(9)7(4)10/h1-2H,(H,11,12). The van der Waals surface area contributed by atoms with Crippen molar-refractivity contribution < 1.29 is 8.78 Å². The second-order valence-corrected chi connectivity index (χ2v) is 3.40. The lowest BCUT2D eigenvalue weighted by Crippen LogP contribution is -1.88. The van der Waals surface area contributed by atoms with E-state index in [4.69, 9.17) is 0 Å². The number of nitrogens with zero attached hydrogens (tertiary/aromatic N) is 1. The van der Waals surface area contributed by atoms with Gasteiger partial charge in [0.05, 0.1) is 20.7 Å². The highest BCUT2D eigenvalue weighted by molar-refractivity contribution is 14.1. The summed E-state index contributed by atoms with van der Waals surface area (Å²) < 4.78 is 26.1. The average molecular weight is 280 g/mol. The summed E-state index contributed by atoms with van der Waals surface area (Å²) in [4.78, 5) is 0. The number of hydrogen-bond acceptors (Lipinski definition) is 1. The number of aromatic nitrogens is 2. The second-order valence-electron chi connectivity index (χ2n) is 2.32. The quantitative estimate of drug-likeness (QED) is 0.582. The van der Waals surface area contributed by atoms with Crippen molar-refractivity contribution in [3.63, 3.8) is 0 Å². The number of fused-ring (bicyclic) bond motifs is 1. The third kappa shape index (κ3) is 0.996. The highest BCUT2D eigenvalue weighted by Crippen LogP contribution is 2.23. The van der Waals surface area contributed by atoms with Crippen LogP contribution in [0.1, 0.15) is 0 Å². The molecule has 2 rings (SSSR count). The summed E-state index contributed by atoms with van der Waals surface area (Å²) in [6, 6.07) is 1.23. The summed E-state index contributed by atoms with van der Waals surface area (Å²) in [6.45, 7) is 0. The van der Waals surface area contributed by atoms with Crippen molar-refractivity contribution in [3.8, 4) is 0 Å². The van der Waals surface area contributed by atoms with E-state index in [1.807, 2.05) is 0 Å². The Bertz CT molecular complexity index is 438. The topological polar surface area (TPSA) is 28.7 Å². The zero-order chi connectivity index (χ0) is 8.72. The van der Waals surface area contributed by atoms with Gasteiger partial charge in [-0.05, 0) is 22.6 Å². The van der Waals surface area contributed by atoms with Crippen LogP contribution in [-0.2, 0) is 0 Å². The maximum absolute atomic E-state index is 13.2. The minimum atomic E-state index is -0.565. The molecule has 62 valence electrons. The number of halogens is 3. The fraction of sp³-hybridized carbons (Fsp3) is 0. The minimum Gasteiger partial charge on any atom is -0.278 e. The molecule has 0 aliphatic rings. The summed E-state index contributed by atoms with van der Waals surface area (Å²) in [5, 5.41) is 6.42. The van der Waals surface area contributed by atoms with Crippen LogP contribution in [0.4, 0.5) is 8.78 Å². The molecule has 1 N–H and O–H groups in total. The van der Waals surface area contributed by atoms with E-state index in [-0.39, 0.29) is 3.57 Å². The molecule has 0 atom stereocenters. The lowest BCUT2D eigenvalue weighted by atomic mass is 10.2. The average Bonchev–Trinajstić information content (AvgIpc) is 2.48. The van der Waals surface area contributed by atoms with Gasteiger partial charge in [-0.3, -0.25) is 5.10 Å². The molecule has 2 aromatic rings. The van der Waals surface area contributed by atoms with Crippen molar-refractivity contribution in [3.05, 3.63) is 27.5 Å². The van der Waals surface area contributed by atoms with Crippen LogP contribution < -0.4 is 0 Å². The first-order valence-corrected chi connectivity index (χ1v) is 4.24. The van der Waals surface area contributed by atoms with Crippen molar-refractivity contribution in [2.75, 3.05) is 0 Å². The van der Waals surface area contributed by atoms with Gasteiger partial charge < -0.3 is 0 Å². The molecule has 0 saturated heterocycles. The van der Waals surface area contributed by atoms with Crippen LogP contribution in [0.5, 0.6) is 0 Å². The van der Waals surface area contributed by atoms with Crippen LogP contribution in [0.15, 0.2) is 12.3 Å². The lowest BCUT2D eigenvalue weighted by Gasteiger charge is -1.96. The Morgan fingerprint density at radius 2 is 2.17 bits per heavy atom. The molecule has 0 aliphatic heterocycles. The highest BCUT2D eigenvalue weighted by Gasteiger charge is 2.11. The maximum Gasteiger partial charge on any atom is 0.150 e. The normalized spacial score (nSPS) is 10.9. The van der Waals surface area contributed by atoms with E-state index in [1.54, 1.807) is 22.6 Å². The molecule has 5 heteroatoms. The molecule has 0 saturated carbocycles. The summed E-state index contributed by atoms with van der Waals surface area (Å²) in [5.41, 5.74) is 0.380. The summed E-state index contributed by atoms with van der Waals surface area (Å²) >= 11 is 1.62. The first kappa shape index (κ1) is 7.90. The molecule has 0 bridgehead atoms. The Kier molecular flexibility index (Phi) is 1.75. The number of hydrogen-bond donors (Lipinski definition) is 1. The van der Waals surface area contributed by atoms with E-state index in [2.05, 4.69) is 10.2 Å². The van der Waals surface area contributed by atoms with Crippen LogP contribution in [0.2, 0.25) is 0 Å². The monoisotopic (exact) mass is 280 g/mol. The number of nitrogens with one attached hydrogen (secondary N) is 1. The van der Waals surface area contributed by atoms with Gasteiger partial charge in [-0.25, -0.2) is 8.78 Å². The Hall–Kier alpha value is -0.720. The zero-order valence-electron chi connectivity index (χ0n) is 5.74. The molecule has 1 aromatic heterocycles. The number of benzene rings is 1. The fourth-order valence-electron chi connectivity index (χ4n) is 0.994. The van der Waals surface area contributed by atoms with Gasteiger partial charge in [-0.15, -0.1) is 0 Å². The van der Waals surface area contributed by atoms with Crippen LogP contribution in [0.25, 0.3) is 10.9 Å². The molecular weight excluding hydrogens is 277 g/mol. The molecule has 0 amide bonds. The Morgan fingerprint density at radius 3 is 2.92 bits per heavy atom. The third-order valence-electron chi connectivity index (χ3n) is 1.58. The first-order chi connectivity index (χ1) is 5.70. The SMILES string of the molecule is Fc1cc2[nH]ncc2c(F)c1I. The minimum absolute atomic E-state index is 0.00139. The van der Waals surface area contributed by atoms with Crippen LogP contribution in [0.3, 0.4) is 0 Å². The van der Waals surface area contributed by atoms with E-state index in [1.165, 1.54) is 12.3 Å². The van der Waals surface area contributed by atoms with Gasteiger partial charge in [-0.1, -0.05) is 0 Å². The van der Waals surface area contributed by atoms with Gasteiger partial charge in [-0.2, -0.15) is 5.10 Å². The van der Waals surface area contributed by atoms with E-state index in [9.17, 15) is 8.78 Å². The van der Waals surface area contributed by atoms with Gasteiger partial charge in [0, 0.05) is 6.07 Å². The summed E-state index contributed by atoms with van der Waals surface area (Å²) in [6.07, 6.45) is 1.34. The smallest absolute Gasteiger partial charge is 0.150 e. The van der Waals surface area contributed by atoms with E-state index >= 15 is 0 Å². The van der Waals surface area contributed by atoms with E-state index < -0.39 is 11.6 Å². The third-order valence-corrected chi connectivity index (χ3v) is 2.57. The van der Waals surface area contributed by atoms with Crippen LogP contribution in [-0.4, -0.2) is 10.2 Å². The molecular formula is C7H3F2IN2. The largest absolute Gasteiger partial charge is 0.278 e. The molecule has 2 nitrogen and oxygen atoms in total. The molecule has 0 radical (unpaired) electrons. The number of H-pyrrole nitrogens is 1. The maximum atomic E-state index is 13.2. The van der Waals surface area contributed by atoms with Gasteiger partial charge in [0.25, 0.3) is 0 Å².